The molecule has 2 N–H and O–H groups in total. The first kappa shape index (κ1) is 17.6. The van der Waals surface area contributed by atoms with Gasteiger partial charge in [0.2, 0.25) is 5.95 Å². The molecular weight excluding hydrogens is 368 g/mol. The Morgan fingerprint density at radius 2 is 2.24 bits per heavy atom. The van der Waals surface area contributed by atoms with E-state index in [4.69, 9.17) is 4.98 Å². The number of hydrogen-bond acceptors (Lipinski definition) is 7. The standard InChI is InChI=1S/C20H22N8O/c1-14-8-16(10-21-9-14)26-11-18(22-13-26)23-20-24-19(17-5-3-7-28(17)25-20)27-6-2-4-15(27)12-29/h3,5,7-11,13,15,29H,2,4,6,12H2,1H3,(H,23,25)/t15-/m0/s1. The van der Waals surface area contributed by atoms with Gasteiger partial charge in [-0.1, -0.05) is 0 Å². The van der Waals surface area contributed by atoms with Crippen molar-refractivity contribution < 1.29 is 5.11 Å². The molecule has 5 heterocycles. The van der Waals surface area contributed by atoms with Crippen LogP contribution >= 0.6 is 0 Å². The van der Waals surface area contributed by atoms with Gasteiger partial charge in [0.05, 0.1) is 30.7 Å². The summed E-state index contributed by atoms with van der Waals surface area (Å²) in [5, 5.41) is 17.5. The summed E-state index contributed by atoms with van der Waals surface area (Å²) in [6, 6.07) is 6.07. The van der Waals surface area contributed by atoms with Crippen LogP contribution in [0.15, 0.2) is 49.3 Å². The monoisotopic (exact) mass is 390 g/mol. The van der Waals surface area contributed by atoms with Crippen LogP contribution in [0.3, 0.4) is 0 Å². The number of aliphatic hydroxyl groups is 1. The molecule has 0 aromatic carbocycles. The van der Waals surface area contributed by atoms with E-state index in [9.17, 15) is 5.11 Å². The molecule has 0 spiro atoms. The molecule has 0 saturated carbocycles. The first-order chi connectivity index (χ1) is 14.2. The van der Waals surface area contributed by atoms with Crippen molar-refractivity contribution in [1.82, 2.24) is 29.1 Å². The normalized spacial score (nSPS) is 16.6. The molecule has 29 heavy (non-hydrogen) atoms. The fourth-order valence-corrected chi connectivity index (χ4v) is 3.81. The zero-order valence-electron chi connectivity index (χ0n) is 16.1. The van der Waals surface area contributed by atoms with E-state index in [1.54, 1.807) is 17.0 Å². The molecular formula is C20H22N8O. The van der Waals surface area contributed by atoms with E-state index < -0.39 is 0 Å². The van der Waals surface area contributed by atoms with Gasteiger partial charge >= 0.3 is 0 Å². The fourth-order valence-electron chi connectivity index (χ4n) is 3.81. The number of nitrogens with one attached hydrogen (secondary N) is 1. The molecule has 148 valence electrons. The summed E-state index contributed by atoms with van der Waals surface area (Å²) in [5.41, 5.74) is 2.95. The summed E-state index contributed by atoms with van der Waals surface area (Å²) in [7, 11) is 0. The van der Waals surface area contributed by atoms with Crippen LogP contribution in [0.5, 0.6) is 0 Å². The molecule has 1 atom stereocenters. The van der Waals surface area contributed by atoms with Crippen molar-refractivity contribution >= 4 is 23.1 Å². The second-order valence-corrected chi connectivity index (χ2v) is 7.28. The minimum atomic E-state index is 0.0875. The minimum Gasteiger partial charge on any atom is -0.394 e. The summed E-state index contributed by atoms with van der Waals surface area (Å²) < 4.78 is 3.71. The smallest absolute Gasteiger partial charge is 0.248 e. The highest BCUT2D eigenvalue weighted by Gasteiger charge is 2.27. The number of aliphatic hydroxyl groups excluding tert-OH is 1. The first-order valence-electron chi connectivity index (χ1n) is 9.67. The van der Waals surface area contributed by atoms with Crippen LogP contribution in [-0.2, 0) is 0 Å². The predicted octanol–water partition coefficient (Wildman–Crippen LogP) is 2.32. The molecule has 9 heteroatoms. The maximum atomic E-state index is 9.73. The van der Waals surface area contributed by atoms with Gasteiger partial charge in [0, 0.05) is 18.9 Å². The summed E-state index contributed by atoms with van der Waals surface area (Å²) in [6.07, 6.45) is 11.1. The van der Waals surface area contributed by atoms with Crippen molar-refractivity contribution in [2.24, 2.45) is 0 Å². The second kappa shape index (κ2) is 7.17. The number of pyridine rings is 1. The second-order valence-electron chi connectivity index (χ2n) is 7.28. The van der Waals surface area contributed by atoms with Crippen molar-refractivity contribution in [2.45, 2.75) is 25.8 Å². The molecule has 0 radical (unpaired) electrons. The van der Waals surface area contributed by atoms with Crippen molar-refractivity contribution in [3.8, 4) is 5.69 Å². The number of anilines is 3. The summed E-state index contributed by atoms with van der Waals surface area (Å²) >= 11 is 0. The third-order valence-electron chi connectivity index (χ3n) is 5.21. The Labute approximate surface area is 167 Å². The highest BCUT2D eigenvalue weighted by molar-refractivity contribution is 5.71. The number of aryl methyl sites for hydroxylation is 1. The lowest BCUT2D eigenvalue weighted by Crippen LogP contribution is -2.33. The SMILES string of the molecule is Cc1cncc(-n2cnc(Nc3nc(N4CCC[C@H]4CO)c4cccn4n3)c2)c1. The highest BCUT2D eigenvalue weighted by Crippen LogP contribution is 2.29. The molecule has 1 aliphatic rings. The van der Waals surface area contributed by atoms with Crippen LogP contribution in [0.2, 0.25) is 0 Å². The molecule has 0 amide bonds. The lowest BCUT2D eigenvalue weighted by Gasteiger charge is -2.25. The van der Waals surface area contributed by atoms with Gasteiger partial charge in [-0.3, -0.25) is 4.98 Å². The Kier molecular flexibility index (Phi) is 4.36. The van der Waals surface area contributed by atoms with E-state index in [0.717, 1.165) is 42.0 Å². The largest absolute Gasteiger partial charge is 0.394 e. The zero-order valence-corrected chi connectivity index (χ0v) is 16.1. The van der Waals surface area contributed by atoms with Crippen LogP contribution in [0.4, 0.5) is 17.6 Å². The van der Waals surface area contributed by atoms with Crippen molar-refractivity contribution in [1.29, 1.82) is 0 Å². The van der Waals surface area contributed by atoms with Gasteiger partial charge in [-0.25, -0.2) is 9.50 Å². The Morgan fingerprint density at radius 3 is 3.10 bits per heavy atom. The topological polar surface area (TPSA) is 96.4 Å². The van der Waals surface area contributed by atoms with E-state index in [-0.39, 0.29) is 12.6 Å². The number of fused-ring (bicyclic) bond motifs is 1. The fraction of sp³-hybridized carbons (Fsp3) is 0.300. The number of nitrogens with zero attached hydrogens (tertiary/aromatic N) is 7. The summed E-state index contributed by atoms with van der Waals surface area (Å²) in [4.78, 5) is 15.6. The summed E-state index contributed by atoms with van der Waals surface area (Å²) in [6.45, 7) is 3.00. The molecule has 5 rings (SSSR count). The third-order valence-corrected chi connectivity index (χ3v) is 5.21. The molecule has 4 aromatic rings. The van der Waals surface area contributed by atoms with Crippen molar-refractivity contribution in [3.63, 3.8) is 0 Å². The number of aromatic nitrogens is 6. The highest BCUT2D eigenvalue weighted by atomic mass is 16.3. The van der Waals surface area contributed by atoms with Crippen molar-refractivity contribution in [3.05, 3.63) is 54.9 Å². The molecule has 1 aliphatic heterocycles. The molecule has 1 fully saturated rings. The third kappa shape index (κ3) is 3.29. The van der Waals surface area contributed by atoms with Gasteiger partial charge in [0.15, 0.2) is 11.6 Å². The van der Waals surface area contributed by atoms with Gasteiger partial charge < -0.3 is 19.9 Å². The first-order valence-corrected chi connectivity index (χ1v) is 9.67. The van der Waals surface area contributed by atoms with Gasteiger partial charge in [0.25, 0.3) is 0 Å². The van der Waals surface area contributed by atoms with E-state index in [1.807, 2.05) is 48.3 Å². The van der Waals surface area contributed by atoms with E-state index in [1.165, 1.54) is 0 Å². The van der Waals surface area contributed by atoms with E-state index in [2.05, 4.69) is 25.3 Å². The molecule has 0 aliphatic carbocycles. The number of imidazole rings is 1. The van der Waals surface area contributed by atoms with E-state index in [0.29, 0.717) is 11.8 Å². The van der Waals surface area contributed by atoms with Gasteiger partial charge in [-0.05, 0) is 43.5 Å². The lowest BCUT2D eigenvalue weighted by atomic mass is 10.2. The van der Waals surface area contributed by atoms with Crippen LogP contribution < -0.4 is 10.2 Å². The van der Waals surface area contributed by atoms with Crippen LogP contribution in [0, 0.1) is 6.92 Å². The lowest BCUT2D eigenvalue weighted by molar-refractivity contribution is 0.266. The zero-order chi connectivity index (χ0) is 19.8. The van der Waals surface area contributed by atoms with Crippen molar-refractivity contribution in [2.75, 3.05) is 23.4 Å². The summed E-state index contributed by atoms with van der Waals surface area (Å²) in [5.74, 6) is 1.93. The van der Waals surface area contributed by atoms with Crippen LogP contribution in [0.1, 0.15) is 18.4 Å². The predicted molar refractivity (Wildman–Crippen MR) is 110 cm³/mol. The molecule has 4 aromatic heterocycles. The Morgan fingerprint density at radius 1 is 1.31 bits per heavy atom. The Hall–Kier alpha value is -3.46. The van der Waals surface area contributed by atoms with Gasteiger partial charge in [-0.15, -0.1) is 5.10 Å². The van der Waals surface area contributed by atoms with Gasteiger partial charge in [0.1, 0.15) is 11.8 Å². The molecule has 0 bridgehead atoms. The Balaban J connectivity index is 1.47. The molecule has 9 nitrogen and oxygen atoms in total. The molecule has 0 unspecified atom stereocenters. The average Bonchev–Trinajstić information content (AvgIpc) is 3.47. The average molecular weight is 390 g/mol. The maximum Gasteiger partial charge on any atom is 0.248 e. The quantitative estimate of drug-likeness (QED) is 0.540. The number of rotatable bonds is 5. The van der Waals surface area contributed by atoms with E-state index >= 15 is 0 Å². The Bertz CT molecular complexity index is 1150. The maximum absolute atomic E-state index is 9.73. The minimum absolute atomic E-state index is 0.0875. The van der Waals surface area contributed by atoms with Crippen LogP contribution in [-0.4, -0.2) is 53.4 Å². The van der Waals surface area contributed by atoms with Gasteiger partial charge in [-0.2, -0.15) is 4.98 Å². The number of hydrogen-bond donors (Lipinski definition) is 2. The molecule has 1 saturated heterocycles. The van der Waals surface area contributed by atoms with Crippen LogP contribution in [0.25, 0.3) is 11.2 Å².